The molecular formula is C8H12N2O4. The van der Waals surface area contributed by atoms with E-state index in [9.17, 15) is 14.4 Å². The van der Waals surface area contributed by atoms with E-state index in [0.717, 1.165) is 0 Å². The minimum absolute atomic E-state index is 0.0277. The maximum absolute atomic E-state index is 11.0. The molecule has 0 radical (unpaired) electrons. The summed E-state index contributed by atoms with van der Waals surface area (Å²) in [5.41, 5.74) is 4.81. The molecule has 0 fully saturated rings. The fraction of sp³-hybridized carbons (Fsp3) is 0.375. The van der Waals surface area contributed by atoms with E-state index in [1.165, 1.54) is 6.92 Å². The minimum Gasteiger partial charge on any atom is -0.370 e. The summed E-state index contributed by atoms with van der Waals surface area (Å²) in [6.45, 7) is 4.61. The number of nitrogens with zero attached hydrogens (tertiary/aromatic N) is 1. The number of carbonyl (C=O) groups excluding carboxylic acids is 3. The molecule has 0 rings (SSSR count). The number of carbonyl (C=O) groups is 3. The molecule has 0 heterocycles. The van der Waals surface area contributed by atoms with Crippen LogP contribution in [0.5, 0.6) is 0 Å². The summed E-state index contributed by atoms with van der Waals surface area (Å²) in [5, 5.41) is 8.93. The van der Waals surface area contributed by atoms with Crippen LogP contribution in [0.4, 0.5) is 0 Å². The van der Waals surface area contributed by atoms with Crippen LogP contribution in [0.1, 0.15) is 19.8 Å². The Morgan fingerprint density at radius 1 is 1.36 bits per heavy atom. The summed E-state index contributed by atoms with van der Waals surface area (Å²) in [5.74, 6) is -2.44. The molecule has 0 saturated carbocycles. The first-order valence-corrected chi connectivity index (χ1v) is 3.86. The maximum atomic E-state index is 11.0. The van der Waals surface area contributed by atoms with Gasteiger partial charge in [-0.1, -0.05) is 6.58 Å². The summed E-state index contributed by atoms with van der Waals surface area (Å²) >= 11 is 0. The number of amides is 3. The van der Waals surface area contributed by atoms with Crippen molar-refractivity contribution in [2.45, 2.75) is 19.8 Å². The van der Waals surface area contributed by atoms with Crippen molar-refractivity contribution in [2.24, 2.45) is 5.73 Å². The lowest BCUT2D eigenvalue weighted by molar-refractivity contribution is -0.176. The van der Waals surface area contributed by atoms with Crippen molar-refractivity contribution >= 4 is 17.7 Å². The van der Waals surface area contributed by atoms with Gasteiger partial charge < -0.3 is 5.73 Å². The standard InChI is InChI=1S/C8H12N2O4/c1-5(2)8(13)10(14)7(12)4-3-6(9)11/h14H,1,3-4H2,2H3,(H2,9,11). The third-order valence-corrected chi connectivity index (χ3v) is 1.38. The van der Waals surface area contributed by atoms with Gasteiger partial charge in [0.25, 0.3) is 11.8 Å². The van der Waals surface area contributed by atoms with Gasteiger partial charge in [-0.3, -0.25) is 19.6 Å². The molecule has 0 bridgehead atoms. The lowest BCUT2D eigenvalue weighted by Crippen LogP contribution is -2.34. The van der Waals surface area contributed by atoms with Crippen LogP contribution < -0.4 is 5.73 Å². The molecule has 0 spiro atoms. The van der Waals surface area contributed by atoms with Gasteiger partial charge >= 0.3 is 0 Å². The third-order valence-electron chi connectivity index (χ3n) is 1.38. The SMILES string of the molecule is C=C(C)C(=O)N(O)C(=O)CCC(N)=O. The quantitative estimate of drug-likeness (QED) is 0.365. The number of imide groups is 1. The first-order chi connectivity index (χ1) is 6.36. The maximum Gasteiger partial charge on any atom is 0.279 e. The molecule has 0 unspecified atom stereocenters. The molecule has 0 aliphatic carbocycles. The molecule has 0 aliphatic heterocycles. The van der Waals surface area contributed by atoms with Crippen LogP contribution in [-0.2, 0) is 14.4 Å². The Balaban J connectivity index is 4.19. The zero-order valence-corrected chi connectivity index (χ0v) is 7.82. The van der Waals surface area contributed by atoms with E-state index >= 15 is 0 Å². The van der Waals surface area contributed by atoms with Gasteiger partial charge in [-0.25, -0.2) is 0 Å². The Bertz CT molecular complexity index is 285. The molecule has 6 heteroatoms. The third kappa shape index (κ3) is 3.81. The van der Waals surface area contributed by atoms with E-state index in [2.05, 4.69) is 6.58 Å². The first kappa shape index (κ1) is 12.3. The highest BCUT2D eigenvalue weighted by molar-refractivity contribution is 6.02. The molecule has 6 nitrogen and oxygen atoms in total. The molecule has 0 atom stereocenters. The molecular weight excluding hydrogens is 188 g/mol. The van der Waals surface area contributed by atoms with Gasteiger partial charge in [0.2, 0.25) is 5.91 Å². The highest BCUT2D eigenvalue weighted by Crippen LogP contribution is 2.00. The summed E-state index contributed by atoms with van der Waals surface area (Å²) < 4.78 is 0. The fourth-order valence-corrected chi connectivity index (χ4v) is 0.630. The predicted molar refractivity (Wildman–Crippen MR) is 46.9 cm³/mol. The second kappa shape index (κ2) is 5.13. The first-order valence-electron chi connectivity index (χ1n) is 3.86. The van der Waals surface area contributed by atoms with Gasteiger partial charge in [0.15, 0.2) is 0 Å². The van der Waals surface area contributed by atoms with Crippen molar-refractivity contribution in [2.75, 3.05) is 0 Å². The Morgan fingerprint density at radius 2 is 1.86 bits per heavy atom. The van der Waals surface area contributed by atoms with Gasteiger partial charge in [0.05, 0.1) is 0 Å². The Labute approximate surface area is 80.9 Å². The van der Waals surface area contributed by atoms with E-state index in [-0.39, 0.29) is 23.5 Å². The molecule has 0 aromatic carbocycles. The van der Waals surface area contributed by atoms with Crippen LogP contribution in [0.2, 0.25) is 0 Å². The number of hydroxylamine groups is 2. The van der Waals surface area contributed by atoms with Gasteiger partial charge in [0.1, 0.15) is 0 Å². The van der Waals surface area contributed by atoms with E-state index < -0.39 is 17.7 Å². The smallest absolute Gasteiger partial charge is 0.279 e. The van der Waals surface area contributed by atoms with E-state index in [1.807, 2.05) is 0 Å². The largest absolute Gasteiger partial charge is 0.370 e. The Hall–Kier alpha value is -1.69. The zero-order valence-electron chi connectivity index (χ0n) is 7.82. The van der Waals surface area contributed by atoms with Gasteiger partial charge in [-0.15, -0.1) is 0 Å². The van der Waals surface area contributed by atoms with Crippen LogP contribution >= 0.6 is 0 Å². The average molecular weight is 200 g/mol. The van der Waals surface area contributed by atoms with Crippen molar-refractivity contribution in [3.63, 3.8) is 0 Å². The number of nitrogens with two attached hydrogens (primary N) is 1. The molecule has 3 amide bonds. The Morgan fingerprint density at radius 3 is 2.21 bits per heavy atom. The van der Waals surface area contributed by atoms with Crippen molar-refractivity contribution in [1.82, 2.24) is 5.06 Å². The second-order valence-corrected chi connectivity index (χ2v) is 2.76. The van der Waals surface area contributed by atoms with Crippen molar-refractivity contribution in [3.8, 4) is 0 Å². The monoisotopic (exact) mass is 200 g/mol. The summed E-state index contributed by atoms with van der Waals surface area (Å²) in [6.07, 6.45) is -0.510. The van der Waals surface area contributed by atoms with E-state index in [4.69, 9.17) is 10.9 Å². The molecule has 78 valence electrons. The summed E-state index contributed by atoms with van der Waals surface area (Å²) in [6, 6.07) is 0. The normalized spacial score (nSPS) is 9.29. The van der Waals surface area contributed by atoms with Gasteiger partial charge in [-0.05, 0) is 6.92 Å². The number of rotatable bonds is 4. The summed E-state index contributed by atoms with van der Waals surface area (Å²) in [7, 11) is 0. The molecule has 14 heavy (non-hydrogen) atoms. The molecule has 0 aliphatic rings. The highest BCUT2D eigenvalue weighted by Gasteiger charge is 2.19. The van der Waals surface area contributed by atoms with E-state index in [1.54, 1.807) is 0 Å². The molecule has 0 aromatic rings. The zero-order chi connectivity index (χ0) is 11.3. The van der Waals surface area contributed by atoms with E-state index in [0.29, 0.717) is 0 Å². The topological polar surface area (TPSA) is 101 Å². The molecule has 3 N–H and O–H groups in total. The second-order valence-electron chi connectivity index (χ2n) is 2.76. The van der Waals surface area contributed by atoms with Crippen molar-refractivity contribution in [1.29, 1.82) is 0 Å². The predicted octanol–water partition coefficient (Wildman–Crippen LogP) is -0.428. The lowest BCUT2D eigenvalue weighted by Gasteiger charge is -2.11. The lowest BCUT2D eigenvalue weighted by atomic mass is 10.2. The van der Waals surface area contributed by atoms with Gasteiger partial charge in [0, 0.05) is 18.4 Å². The Kier molecular flexibility index (Phi) is 4.51. The average Bonchev–Trinajstić information content (AvgIpc) is 2.11. The van der Waals surface area contributed by atoms with Crippen molar-refractivity contribution < 1.29 is 19.6 Å². The van der Waals surface area contributed by atoms with Crippen LogP contribution in [0, 0.1) is 0 Å². The number of primary amides is 1. The number of hydrogen-bond donors (Lipinski definition) is 2. The van der Waals surface area contributed by atoms with Gasteiger partial charge in [-0.2, -0.15) is 5.06 Å². The minimum atomic E-state index is -0.889. The summed E-state index contributed by atoms with van der Waals surface area (Å²) in [4.78, 5) is 32.3. The number of hydrogen-bond acceptors (Lipinski definition) is 4. The molecule has 0 aromatic heterocycles. The van der Waals surface area contributed by atoms with Crippen molar-refractivity contribution in [3.05, 3.63) is 12.2 Å². The van der Waals surface area contributed by atoms with Crippen LogP contribution in [0.25, 0.3) is 0 Å². The van der Waals surface area contributed by atoms with Crippen LogP contribution in [0.15, 0.2) is 12.2 Å². The molecule has 0 saturated heterocycles. The van der Waals surface area contributed by atoms with Crippen LogP contribution in [0.3, 0.4) is 0 Å². The fourth-order valence-electron chi connectivity index (χ4n) is 0.630. The van der Waals surface area contributed by atoms with Crippen LogP contribution in [-0.4, -0.2) is 28.0 Å². The highest BCUT2D eigenvalue weighted by atomic mass is 16.5.